The van der Waals surface area contributed by atoms with Crippen LogP contribution in [-0.2, 0) is 9.47 Å². The monoisotopic (exact) mass is 294 g/mol. The number of nitrogens with one attached hydrogen (secondary N) is 2. The summed E-state index contributed by atoms with van der Waals surface area (Å²) < 4.78 is 9.93. The van der Waals surface area contributed by atoms with Gasteiger partial charge in [-0.1, -0.05) is 44.2 Å². The van der Waals surface area contributed by atoms with Crippen LogP contribution in [0.5, 0.6) is 0 Å². The molecule has 0 spiro atoms. The summed E-state index contributed by atoms with van der Waals surface area (Å²) in [6.45, 7) is 4.46. The Labute approximate surface area is 124 Å². The molecule has 21 heavy (non-hydrogen) atoms. The Kier molecular flexibility index (Phi) is 7.71. The minimum absolute atomic E-state index is 0.327. The van der Waals surface area contributed by atoms with Gasteiger partial charge < -0.3 is 9.47 Å². The summed E-state index contributed by atoms with van der Waals surface area (Å²) in [4.78, 5) is 23.3. The molecule has 116 valence electrons. The molecule has 0 aliphatic carbocycles. The van der Waals surface area contributed by atoms with Gasteiger partial charge in [0.2, 0.25) is 0 Å². The van der Waals surface area contributed by atoms with Crippen molar-refractivity contribution in [2.75, 3.05) is 13.2 Å². The predicted octanol–water partition coefficient (Wildman–Crippen LogP) is 2.96. The molecule has 2 amide bonds. The maximum absolute atomic E-state index is 11.7. The molecule has 0 atom stereocenters. The van der Waals surface area contributed by atoms with Crippen molar-refractivity contribution >= 4 is 12.2 Å². The van der Waals surface area contributed by atoms with Crippen LogP contribution in [0.3, 0.4) is 0 Å². The van der Waals surface area contributed by atoms with E-state index < -0.39 is 18.4 Å². The molecule has 2 N–H and O–H groups in total. The van der Waals surface area contributed by atoms with E-state index >= 15 is 0 Å². The van der Waals surface area contributed by atoms with Crippen molar-refractivity contribution in [2.24, 2.45) is 0 Å². The molecule has 1 rings (SSSR count). The molecule has 6 heteroatoms. The molecule has 1 aromatic carbocycles. The molecule has 0 aliphatic rings. The summed E-state index contributed by atoms with van der Waals surface area (Å²) in [7, 11) is 0. The van der Waals surface area contributed by atoms with Crippen LogP contribution in [0.25, 0.3) is 0 Å². The molecule has 1 aromatic rings. The second-order valence-corrected chi connectivity index (χ2v) is 4.40. The SMILES string of the molecule is CCCOC(=O)NC(NC(=O)OCCC)c1ccccc1. The van der Waals surface area contributed by atoms with Gasteiger partial charge in [-0.25, -0.2) is 9.59 Å². The Morgan fingerprint density at radius 3 is 1.86 bits per heavy atom. The second-order valence-electron chi connectivity index (χ2n) is 4.40. The van der Waals surface area contributed by atoms with Gasteiger partial charge in [0.1, 0.15) is 6.17 Å². The van der Waals surface area contributed by atoms with Crippen LogP contribution in [0.1, 0.15) is 38.4 Å². The standard InChI is InChI=1S/C15H22N2O4/c1-3-10-20-14(18)16-13(12-8-6-5-7-9-12)17-15(19)21-11-4-2/h5-9,13H,3-4,10-11H2,1-2H3,(H,16,18)(H,17,19). The number of amides is 2. The summed E-state index contributed by atoms with van der Waals surface area (Å²) in [5, 5.41) is 5.20. The van der Waals surface area contributed by atoms with Crippen LogP contribution in [0.4, 0.5) is 9.59 Å². The van der Waals surface area contributed by atoms with E-state index in [-0.39, 0.29) is 0 Å². The third-order valence-corrected chi connectivity index (χ3v) is 2.53. The van der Waals surface area contributed by atoms with Crippen LogP contribution >= 0.6 is 0 Å². The van der Waals surface area contributed by atoms with E-state index in [0.717, 1.165) is 18.4 Å². The summed E-state index contributed by atoms with van der Waals surface area (Å²) in [6.07, 6.45) is -0.395. The third kappa shape index (κ3) is 6.65. The van der Waals surface area contributed by atoms with Gasteiger partial charge in [-0.3, -0.25) is 10.6 Å². The summed E-state index contributed by atoms with van der Waals surface area (Å²) in [6, 6.07) is 9.09. The van der Waals surface area contributed by atoms with Crippen LogP contribution in [-0.4, -0.2) is 25.4 Å². The number of hydrogen-bond donors (Lipinski definition) is 2. The Morgan fingerprint density at radius 1 is 0.952 bits per heavy atom. The maximum atomic E-state index is 11.7. The Morgan fingerprint density at radius 2 is 1.43 bits per heavy atom. The Balaban J connectivity index is 2.66. The highest BCUT2D eigenvalue weighted by Gasteiger charge is 2.18. The highest BCUT2D eigenvalue weighted by molar-refractivity contribution is 5.71. The number of rotatable bonds is 7. The zero-order chi connectivity index (χ0) is 15.5. The van der Waals surface area contributed by atoms with E-state index in [4.69, 9.17) is 9.47 Å². The van der Waals surface area contributed by atoms with Crippen LogP contribution in [0.2, 0.25) is 0 Å². The van der Waals surface area contributed by atoms with Gasteiger partial charge in [-0.05, 0) is 18.4 Å². The first-order valence-corrected chi connectivity index (χ1v) is 7.08. The lowest BCUT2D eigenvalue weighted by atomic mass is 10.2. The van der Waals surface area contributed by atoms with Gasteiger partial charge in [0.15, 0.2) is 0 Å². The molecular formula is C15H22N2O4. The van der Waals surface area contributed by atoms with Gasteiger partial charge in [-0.2, -0.15) is 0 Å². The lowest BCUT2D eigenvalue weighted by molar-refractivity contribution is 0.129. The molecule has 0 saturated carbocycles. The normalized spacial score (nSPS) is 10.0. The quantitative estimate of drug-likeness (QED) is 0.758. The Hall–Kier alpha value is -2.24. The average molecular weight is 294 g/mol. The van der Waals surface area contributed by atoms with Gasteiger partial charge in [0, 0.05) is 0 Å². The fourth-order valence-corrected chi connectivity index (χ4v) is 1.56. The fourth-order valence-electron chi connectivity index (χ4n) is 1.56. The van der Waals surface area contributed by atoms with E-state index in [2.05, 4.69) is 10.6 Å². The number of carbonyl (C=O) groups excluding carboxylic acids is 2. The zero-order valence-electron chi connectivity index (χ0n) is 12.4. The van der Waals surface area contributed by atoms with E-state index in [1.54, 1.807) is 12.1 Å². The molecule has 0 unspecified atom stereocenters. The van der Waals surface area contributed by atoms with Gasteiger partial charge >= 0.3 is 12.2 Å². The van der Waals surface area contributed by atoms with E-state index in [1.807, 2.05) is 32.0 Å². The first-order valence-electron chi connectivity index (χ1n) is 7.08. The van der Waals surface area contributed by atoms with E-state index in [0.29, 0.717) is 13.2 Å². The largest absolute Gasteiger partial charge is 0.450 e. The van der Waals surface area contributed by atoms with Crippen molar-refractivity contribution in [3.8, 4) is 0 Å². The van der Waals surface area contributed by atoms with Crippen molar-refractivity contribution < 1.29 is 19.1 Å². The first-order chi connectivity index (χ1) is 10.2. The molecule has 0 bridgehead atoms. The number of ether oxygens (including phenoxy) is 2. The molecule has 0 radical (unpaired) electrons. The lowest BCUT2D eigenvalue weighted by Crippen LogP contribution is -2.41. The van der Waals surface area contributed by atoms with Crippen molar-refractivity contribution in [1.29, 1.82) is 0 Å². The smallest absolute Gasteiger partial charge is 0.409 e. The summed E-state index contributed by atoms with van der Waals surface area (Å²) in [5.41, 5.74) is 0.736. The summed E-state index contributed by atoms with van der Waals surface area (Å²) in [5.74, 6) is 0. The highest BCUT2D eigenvalue weighted by atomic mass is 16.6. The molecule has 0 aliphatic heterocycles. The van der Waals surface area contributed by atoms with Crippen molar-refractivity contribution in [3.05, 3.63) is 35.9 Å². The molecule has 0 saturated heterocycles. The molecule has 6 nitrogen and oxygen atoms in total. The molecular weight excluding hydrogens is 272 g/mol. The van der Waals surface area contributed by atoms with Crippen molar-refractivity contribution in [1.82, 2.24) is 10.6 Å². The fraction of sp³-hybridized carbons (Fsp3) is 0.467. The van der Waals surface area contributed by atoms with E-state index in [9.17, 15) is 9.59 Å². The number of hydrogen-bond acceptors (Lipinski definition) is 4. The number of benzene rings is 1. The summed E-state index contributed by atoms with van der Waals surface area (Å²) >= 11 is 0. The highest BCUT2D eigenvalue weighted by Crippen LogP contribution is 2.10. The lowest BCUT2D eigenvalue weighted by Gasteiger charge is -2.20. The first kappa shape index (κ1) is 16.8. The third-order valence-electron chi connectivity index (χ3n) is 2.53. The predicted molar refractivity (Wildman–Crippen MR) is 78.7 cm³/mol. The van der Waals surface area contributed by atoms with Crippen molar-refractivity contribution in [3.63, 3.8) is 0 Å². The minimum atomic E-state index is -0.695. The van der Waals surface area contributed by atoms with Crippen molar-refractivity contribution in [2.45, 2.75) is 32.9 Å². The second kappa shape index (κ2) is 9.63. The molecule has 0 fully saturated rings. The van der Waals surface area contributed by atoms with Gasteiger partial charge in [0.25, 0.3) is 0 Å². The zero-order valence-corrected chi connectivity index (χ0v) is 12.4. The van der Waals surface area contributed by atoms with Crippen LogP contribution < -0.4 is 10.6 Å². The van der Waals surface area contributed by atoms with Gasteiger partial charge in [0.05, 0.1) is 13.2 Å². The van der Waals surface area contributed by atoms with Crippen LogP contribution in [0.15, 0.2) is 30.3 Å². The molecule has 0 aromatic heterocycles. The van der Waals surface area contributed by atoms with E-state index in [1.165, 1.54) is 0 Å². The minimum Gasteiger partial charge on any atom is -0.450 e. The average Bonchev–Trinajstić information content (AvgIpc) is 2.51. The number of alkyl carbamates (subject to hydrolysis) is 2. The molecule has 0 heterocycles. The number of carbonyl (C=O) groups is 2. The maximum Gasteiger partial charge on any atom is 0.409 e. The van der Waals surface area contributed by atoms with Crippen LogP contribution in [0, 0.1) is 0 Å². The van der Waals surface area contributed by atoms with Gasteiger partial charge in [-0.15, -0.1) is 0 Å². The topological polar surface area (TPSA) is 76.7 Å². The Bertz CT molecular complexity index is 415.